The summed E-state index contributed by atoms with van der Waals surface area (Å²) < 4.78 is 3.69. The van der Waals surface area contributed by atoms with Crippen LogP contribution in [0.5, 0.6) is 0 Å². The number of halogens is 2. The third-order valence-electron chi connectivity index (χ3n) is 2.59. The minimum Gasteiger partial charge on any atom is -0.382 e. The summed E-state index contributed by atoms with van der Waals surface area (Å²) >= 11 is 6.84. The SMILES string of the molecule is CCn1nccc1C(O)c1ccc(Br)c(Br)c1. The van der Waals surface area contributed by atoms with Crippen LogP contribution in [0.1, 0.15) is 24.3 Å². The second-order valence-electron chi connectivity index (χ2n) is 3.65. The fourth-order valence-corrected chi connectivity index (χ4v) is 2.34. The Bertz CT molecular complexity index is 525. The van der Waals surface area contributed by atoms with Crippen LogP contribution in [0.4, 0.5) is 0 Å². The molecule has 0 fully saturated rings. The number of rotatable bonds is 3. The average Bonchev–Trinajstić information content (AvgIpc) is 2.80. The number of aromatic nitrogens is 2. The topological polar surface area (TPSA) is 38.0 Å². The van der Waals surface area contributed by atoms with E-state index in [1.807, 2.05) is 31.2 Å². The van der Waals surface area contributed by atoms with Crippen LogP contribution >= 0.6 is 31.9 Å². The van der Waals surface area contributed by atoms with E-state index in [1.54, 1.807) is 10.9 Å². The van der Waals surface area contributed by atoms with E-state index in [4.69, 9.17) is 0 Å². The standard InChI is InChI=1S/C12H12Br2N2O/c1-2-16-11(5-6-15-16)12(17)8-3-4-9(13)10(14)7-8/h3-7,12,17H,2H2,1H3. The molecular weight excluding hydrogens is 348 g/mol. The normalized spacial score (nSPS) is 12.7. The number of hydrogen-bond donors (Lipinski definition) is 1. The van der Waals surface area contributed by atoms with Crippen molar-refractivity contribution in [3.05, 3.63) is 50.7 Å². The van der Waals surface area contributed by atoms with Crippen LogP contribution in [0.2, 0.25) is 0 Å². The van der Waals surface area contributed by atoms with Crippen molar-refractivity contribution in [2.45, 2.75) is 19.6 Å². The first-order valence-electron chi connectivity index (χ1n) is 5.28. The molecule has 1 unspecified atom stereocenters. The van der Waals surface area contributed by atoms with E-state index >= 15 is 0 Å². The molecular formula is C12H12Br2N2O. The molecule has 5 heteroatoms. The van der Waals surface area contributed by atoms with Gasteiger partial charge in [-0.3, -0.25) is 4.68 Å². The highest BCUT2D eigenvalue weighted by molar-refractivity contribution is 9.13. The molecule has 1 atom stereocenters. The van der Waals surface area contributed by atoms with Crippen LogP contribution in [0.25, 0.3) is 0 Å². The van der Waals surface area contributed by atoms with Gasteiger partial charge in [0, 0.05) is 21.7 Å². The summed E-state index contributed by atoms with van der Waals surface area (Å²) in [5.74, 6) is 0. The number of nitrogens with zero attached hydrogens (tertiary/aromatic N) is 2. The molecule has 0 radical (unpaired) electrons. The number of aliphatic hydroxyl groups is 1. The molecule has 2 rings (SSSR count). The van der Waals surface area contributed by atoms with Crippen molar-refractivity contribution in [3.8, 4) is 0 Å². The van der Waals surface area contributed by atoms with Gasteiger partial charge in [-0.15, -0.1) is 0 Å². The summed E-state index contributed by atoms with van der Waals surface area (Å²) in [5, 5.41) is 14.5. The van der Waals surface area contributed by atoms with Gasteiger partial charge in [-0.1, -0.05) is 6.07 Å². The van der Waals surface area contributed by atoms with E-state index in [0.717, 1.165) is 26.7 Å². The highest BCUT2D eigenvalue weighted by Gasteiger charge is 2.15. The molecule has 0 aliphatic rings. The summed E-state index contributed by atoms with van der Waals surface area (Å²) in [4.78, 5) is 0. The van der Waals surface area contributed by atoms with Gasteiger partial charge < -0.3 is 5.11 Å². The Morgan fingerprint density at radius 1 is 1.29 bits per heavy atom. The van der Waals surface area contributed by atoms with Crippen LogP contribution in [0, 0.1) is 0 Å². The number of hydrogen-bond acceptors (Lipinski definition) is 2. The minimum atomic E-state index is -0.651. The molecule has 0 aliphatic carbocycles. The van der Waals surface area contributed by atoms with Crippen LogP contribution in [-0.2, 0) is 6.54 Å². The summed E-state index contributed by atoms with van der Waals surface area (Å²) in [5.41, 5.74) is 1.65. The lowest BCUT2D eigenvalue weighted by molar-refractivity contribution is 0.208. The van der Waals surface area contributed by atoms with E-state index in [9.17, 15) is 5.11 Å². The van der Waals surface area contributed by atoms with Gasteiger partial charge >= 0.3 is 0 Å². The Labute approximate surface area is 117 Å². The molecule has 3 nitrogen and oxygen atoms in total. The number of benzene rings is 1. The predicted octanol–water partition coefficient (Wildman–Crippen LogP) is 3.51. The van der Waals surface area contributed by atoms with Gasteiger partial charge in [-0.05, 0) is 62.5 Å². The molecule has 0 saturated carbocycles. The minimum absolute atomic E-state index is 0.651. The lowest BCUT2D eigenvalue weighted by Crippen LogP contribution is -2.09. The first-order valence-corrected chi connectivity index (χ1v) is 6.86. The fraction of sp³-hybridized carbons (Fsp3) is 0.250. The second kappa shape index (κ2) is 5.33. The maximum absolute atomic E-state index is 10.3. The highest BCUT2D eigenvalue weighted by atomic mass is 79.9. The van der Waals surface area contributed by atoms with Gasteiger partial charge in [0.15, 0.2) is 0 Å². The van der Waals surface area contributed by atoms with Crippen LogP contribution in [0.15, 0.2) is 39.4 Å². The quantitative estimate of drug-likeness (QED) is 0.910. The molecule has 17 heavy (non-hydrogen) atoms. The van der Waals surface area contributed by atoms with E-state index in [-0.39, 0.29) is 0 Å². The second-order valence-corrected chi connectivity index (χ2v) is 5.36. The van der Waals surface area contributed by atoms with E-state index in [0.29, 0.717) is 0 Å². The molecule has 0 saturated heterocycles. The first kappa shape index (κ1) is 12.8. The Balaban J connectivity index is 2.36. The monoisotopic (exact) mass is 358 g/mol. The molecule has 0 amide bonds. The van der Waals surface area contributed by atoms with Gasteiger partial charge in [0.25, 0.3) is 0 Å². The fourth-order valence-electron chi connectivity index (χ4n) is 1.69. The number of aliphatic hydroxyl groups excluding tert-OH is 1. The highest BCUT2D eigenvalue weighted by Crippen LogP contribution is 2.29. The van der Waals surface area contributed by atoms with Crippen molar-refractivity contribution in [1.29, 1.82) is 0 Å². The van der Waals surface area contributed by atoms with Crippen molar-refractivity contribution in [1.82, 2.24) is 9.78 Å². The Kier molecular flexibility index (Phi) is 4.01. The summed E-state index contributed by atoms with van der Waals surface area (Å²) in [6, 6.07) is 7.55. The van der Waals surface area contributed by atoms with Crippen LogP contribution in [-0.4, -0.2) is 14.9 Å². The zero-order valence-electron chi connectivity index (χ0n) is 9.27. The average molecular weight is 360 g/mol. The van der Waals surface area contributed by atoms with Gasteiger partial charge in [0.2, 0.25) is 0 Å². The molecule has 90 valence electrons. The Hall–Kier alpha value is -0.650. The molecule has 0 aliphatic heterocycles. The van der Waals surface area contributed by atoms with Crippen molar-refractivity contribution in [2.24, 2.45) is 0 Å². The van der Waals surface area contributed by atoms with Crippen LogP contribution in [0.3, 0.4) is 0 Å². The van der Waals surface area contributed by atoms with E-state index in [1.165, 1.54) is 0 Å². The molecule has 1 heterocycles. The van der Waals surface area contributed by atoms with Crippen molar-refractivity contribution in [2.75, 3.05) is 0 Å². The molecule has 0 spiro atoms. The summed E-state index contributed by atoms with van der Waals surface area (Å²) in [7, 11) is 0. The smallest absolute Gasteiger partial charge is 0.121 e. The van der Waals surface area contributed by atoms with Gasteiger partial charge in [0.1, 0.15) is 6.10 Å². The first-order chi connectivity index (χ1) is 8.13. The Morgan fingerprint density at radius 2 is 2.06 bits per heavy atom. The van der Waals surface area contributed by atoms with Crippen molar-refractivity contribution < 1.29 is 5.11 Å². The third kappa shape index (κ3) is 2.61. The molecule has 1 aromatic heterocycles. The maximum Gasteiger partial charge on any atom is 0.121 e. The summed E-state index contributed by atoms with van der Waals surface area (Å²) in [6.45, 7) is 2.75. The Morgan fingerprint density at radius 3 is 2.71 bits per heavy atom. The predicted molar refractivity (Wildman–Crippen MR) is 73.8 cm³/mol. The van der Waals surface area contributed by atoms with Gasteiger partial charge in [-0.25, -0.2) is 0 Å². The van der Waals surface area contributed by atoms with Crippen molar-refractivity contribution in [3.63, 3.8) is 0 Å². The lowest BCUT2D eigenvalue weighted by Gasteiger charge is -2.13. The van der Waals surface area contributed by atoms with Gasteiger partial charge in [0.05, 0.1) is 5.69 Å². The molecule has 2 aromatic rings. The summed E-state index contributed by atoms with van der Waals surface area (Å²) in [6.07, 6.45) is 1.05. The molecule has 1 N–H and O–H groups in total. The van der Waals surface area contributed by atoms with Crippen molar-refractivity contribution >= 4 is 31.9 Å². The van der Waals surface area contributed by atoms with Gasteiger partial charge in [-0.2, -0.15) is 5.10 Å². The maximum atomic E-state index is 10.3. The largest absolute Gasteiger partial charge is 0.382 e. The van der Waals surface area contributed by atoms with E-state index in [2.05, 4.69) is 37.0 Å². The molecule has 0 bridgehead atoms. The zero-order chi connectivity index (χ0) is 12.4. The van der Waals surface area contributed by atoms with Crippen LogP contribution < -0.4 is 0 Å². The third-order valence-corrected chi connectivity index (χ3v) is 4.47. The zero-order valence-corrected chi connectivity index (χ0v) is 12.4. The molecule has 1 aromatic carbocycles. The number of aryl methyl sites for hydroxylation is 1. The lowest BCUT2D eigenvalue weighted by atomic mass is 10.1. The van der Waals surface area contributed by atoms with E-state index < -0.39 is 6.10 Å².